The molecule has 144 valence electrons. The normalized spacial score (nSPS) is 16.6. The molecule has 4 rings (SSSR count). The number of rotatable bonds is 4. The van der Waals surface area contributed by atoms with E-state index in [0.717, 1.165) is 22.5 Å². The van der Waals surface area contributed by atoms with Crippen molar-refractivity contribution in [2.45, 2.75) is 19.3 Å². The molecule has 6 nitrogen and oxygen atoms in total. The lowest BCUT2D eigenvalue weighted by atomic mass is 10.1. The van der Waals surface area contributed by atoms with Crippen LogP contribution in [0.3, 0.4) is 0 Å². The molecular weight excluding hydrogens is 359 g/mol. The summed E-state index contributed by atoms with van der Waals surface area (Å²) in [6, 6.07) is 12.3. The molecule has 1 saturated heterocycles. The van der Waals surface area contributed by atoms with Gasteiger partial charge in [-0.15, -0.1) is 0 Å². The smallest absolute Gasteiger partial charge is 0.257 e. The number of amides is 1. The fourth-order valence-electron chi connectivity index (χ4n) is 3.46. The van der Waals surface area contributed by atoms with E-state index in [9.17, 15) is 9.18 Å². The summed E-state index contributed by atoms with van der Waals surface area (Å²) in [5.41, 5.74) is 3.36. The first-order valence-electron chi connectivity index (χ1n) is 9.10. The third-order valence-corrected chi connectivity index (χ3v) is 5.01. The van der Waals surface area contributed by atoms with Gasteiger partial charge in [0.15, 0.2) is 5.82 Å². The highest BCUT2D eigenvalue weighted by atomic mass is 19.1. The predicted octanol–water partition coefficient (Wildman–Crippen LogP) is 3.77. The summed E-state index contributed by atoms with van der Waals surface area (Å²) in [7, 11) is 3.96. The quantitative estimate of drug-likeness (QED) is 0.689. The summed E-state index contributed by atoms with van der Waals surface area (Å²) in [5.74, 6) is 0.455. The number of hydrogen-bond acceptors (Lipinski definition) is 5. The fraction of sp³-hybridized carbons (Fsp3) is 0.286. The average molecular weight is 380 g/mol. The van der Waals surface area contributed by atoms with Crippen molar-refractivity contribution in [3.63, 3.8) is 0 Å². The molecule has 1 fully saturated rings. The van der Waals surface area contributed by atoms with Crippen molar-refractivity contribution in [1.29, 1.82) is 0 Å². The molecular formula is C21H21FN4O2. The second-order valence-corrected chi connectivity index (χ2v) is 7.24. The lowest BCUT2D eigenvalue weighted by Gasteiger charge is -2.18. The number of nitrogens with zero attached hydrogens (tertiary/aromatic N) is 4. The van der Waals surface area contributed by atoms with Crippen molar-refractivity contribution >= 4 is 17.3 Å². The minimum atomic E-state index is -0.312. The van der Waals surface area contributed by atoms with Gasteiger partial charge in [0, 0.05) is 49.9 Å². The first-order valence-corrected chi connectivity index (χ1v) is 9.10. The Morgan fingerprint density at radius 3 is 2.61 bits per heavy atom. The summed E-state index contributed by atoms with van der Waals surface area (Å²) < 4.78 is 18.8. The number of carbonyl (C=O) groups is 1. The Morgan fingerprint density at radius 2 is 1.93 bits per heavy atom. The Bertz CT molecular complexity index is 1010. The first-order chi connectivity index (χ1) is 13.4. The van der Waals surface area contributed by atoms with E-state index in [1.54, 1.807) is 17.9 Å². The predicted molar refractivity (Wildman–Crippen MR) is 105 cm³/mol. The van der Waals surface area contributed by atoms with Crippen molar-refractivity contribution in [2.24, 2.45) is 0 Å². The topological polar surface area (TPSA) is 62.5 Å². The maximum absolute atomic E-state index is 13.4. The molecule has 2 heterocycles. The molecule has 2 aromatic carbocycles. The molecule has 0 bridgehead atoms. The number of aryl methyl sites for hydroxylation is 1. The standard InChI is InChI=1S/C21H21FN4O2/c1-13-10-16(22)6-9-18(13)26-12-15(11-19(26)27)20-23-21(28-24-20)14-4-7-17(8-5-14)25(2)3/h4-10,15H,11-12H2,1-3H3. The summed E-state index contributed by atoms with van der Waals surface area (Å²) in [4.78, 5) is 20.7. The van der Waals surface area contributed by atoms with Gasteiger partial charge in [-0.3, -0.25) is 4.79 Å². The summed E-state index contributed by atoms with van der Waals surface area (Å²) >= 11 is 0. The van der Waals surface area contributed by atoms with Crippen LogP contribution in [0.5, 0.6) is 0 Å². The largest absolute Gasteiger partial charge is 0.378 e. The van der Waals surface area contributed by atoms with Gasteiger partial charge in [-0.1, -0.05) is 5.16 Å². The Kier molecular flexibility index (Phi) is 4.58. The molecule has 0 N–H and O–H groups in total. The molecule has 0 radical (unpaired) electrons. The molecule has 1 aromatic heterocycles. The summed E-state index contributed by atoms with van der Waals surface area (Å²) in [5, 5.41) is 4.10. The van der Waals surface area contributed by atoms with Crippen LogP contribution in [0.4, 0.5) is 15.8 Å². The summed E-state index contributed by atoms with van der Waals surface area (Å²) in [6.07, 6.45) is 0.301. The molecule has 0 saturated carbocycles. The number of carbonyl (C=O) groups excluding carboxylic acids is 1. The molecule has 1 unspecified atom stereocenters. The number of hydrogen-bond donors (Lipinski definition) is 0. The zero-order valence-corrected chi connectivity index (χ0v) is 16.0. The van der Waals surface area contributed by atoms with E-state index in [0.29, 0.717) is 24.7 Å². The molecule has 1 atom stereocenters. The van der Waals surface area contributed by atoms with Crippen molar-refractivity contribution < 1.29 is 13.7 Å². The van der Waals surface area contributed by atoms with Crippen molar-refractivity contribution in [3.05, 3.63) is 59.7 Å². The van der Waals surface area contributed by atoms with Gasteiger partial charge < -0.3 is 14.3 Å². The first kappa shape index (κ1) is 18.2. The Morgan fingerprint density at radius 1 is 1.18 bits per heavy atom. The molecule has 28 heavy (non-hydrogen) atoms. The molecule has 1 aliphatic rings. The number of anilines is 2. The van der Waals surface area contributed by atoms with Gasteiger partial charge in [0.2, 0.25) is 5.91 Å². The van der Waals surface area contributed by atoms with Gasteiger partial charge in [0.1, 0.15) is 5.82 Å². The second kappa shape index (κ2) is 7.07. The van der Waals surface area contributed by atoms with Crippen LogP contribution < -0.4 is 9.80 Å². The van der Waals surface area contributed by atoms with E-state index in [1.165, 1.54) is 12.1 Å². The number of benzene rings is 2. The lowest BCUT2D eigenvalue weighted by Crippen LogP contribution is -2.25. The Balaban J connectivity index is 1.54. The minimum Gasteiger partial charge on any atom is -0.378 e. The van der Waals surface area contributed by atoms with E-state index >= 15 is 0 Å². The van der Waals surface area contributed by atoms with Gasteiger partial charge in [-0.05, 0) is 55.0 Å². The maximum atomic E-state index is 13.4. The van der Waals surface area contributed by atoms with E-state index in [2.05, 4.69) is 10.1 Å². The van der Waals surface area contributed by atoms with Crippen LogP contribution in [0.1, 0.15) is 23.7 Å². The second-order valence-electron chi connectivity index (χ2n) is 7.24. The third-order valence-electron chi connectivity index (χ3n) is 5.01. The van der Waals surface area contributed by atoms with Crippen molar-refractivity contribution in [1.82, 2.24) is 10.1 Å². The van der Waals surface area contributed by atoms with Crippen molar-refractivity contribution in [3.8, 4) is 11.5 Å². The SMILES string of the molecule is Cc1cc(F)ccc1N1CC(c2noc(-c3ccc(N(C)C)cc3)n2)CC1=O. The Labute approximate surface area is 162 Å². The van der Waals surface area contributed by atoms with Crippen molar-refractivity contribution in [2.75, 3.05) is 30.4 Å². The van der Waals surface area contributed by atoms with Crippen LogP contribution in [-0.4, -0.2) is 36.7 Å². The molecule has 1 amide bonds. The van der Waals surface area contributed by atoms with E-state index in [-0.39, 0.29) is 17.6 Å². The van der Waals surface area contributed by atoms with Gasteiger partial charge in [0.25, 0.3) is 5.89 Å². The van der Waals surface area contributed by atoms with E-state index < -0.39 is 0 Å². The number of halogens is 1. The van der Waals surface area contributed by atoms with Crippen LogP contribution in [0, 0.1) is 12.7 Å². The van der Waals surface area contributed by atoms with Gasteiger partial charge in [-0.25, -0.2) is 4.39 Å². The molecule has 7 heteroatoms. The fourth-order valence-corrected chi connectivity index (χ4v) is 3.46. The molecule has 3 aromatic rings. The van der Waals surface area contributed by atoms with Crippen LogP contribution in [0.25, 0.3) is 11.5 Å². The van der Waals surface area contributed by atoms with Gasteiger partial charge in [-0.2, -0.15) is 4.98 Å². The highest BCUT2D eigenvalue weighted by Gasteiger charge is 2.35. The van der Waals surface area contributed by atoms with Crippen LogP contribution in [0.15, 0.2) is 47.0 Å². The zero-order valence-electron chi connectivity index (χ0n) is 16.0. The molecule has 0 aliphatic carbocycles. The average Bonchev–Trinajstić information content (AvgIpc) is 3.29. The highest BCUT2D eigenvalue weighted by Crippen LogP contribution is 2.33. The Hall–Kier alpha value is -3.22. The maximum Gasteiger partial charge on any atom is 0.257 e. The van der Waals surface area contributed by atoms with Gasteiger partial charge in [0.05, 0.1) is 0 Å². The monoisotopic (exact) mass is 380 g/mol. The third kappa shape index (κ3) is 3.35. The highest BCUT2D eigenvalue weighted by molar-refractivity contribution is 5.97. The molecule has 0 spiro atoms. The van der Waals surface area contributed by atoms with Crippen LogP contribution in [-0.2, 0) is 4.79 Å². The van der Waals surface area contributed by atoms with Crippen LogP contribution in [0.2, 0.25) is 0 Å². The molecule has 1 aliphatic heterocycles. The summed E-state index contributed by atoms with van der Waals surface area (Å²) in [6.45, 7) is 2.24. The van der Waals surface area contributed by atoms with Gasteiger partial charge >= 0.3 is 0 Å². The van der Waals surface area contributed by atoms with E-state index in [4.69, 9.17) is 4.52 Å². The lowest BCUT2D eigenvalue weighted by molar-refractivity contribution is -0.117. The van der Waals surface area contributed by atoms with E-state index in [1.807, 2.05) is 43.3 Å². The minimum absolute atomic E-state index is 0.0265. The van der Waals surface area contributed by atoms with Crippen LogP contribution >= 0.6 is 0 Å². The number of aromatic nitrogens is 2. The zero-order chi connectivity index (χ0) is 19.8.